The van der Waals surface area contributed by atoms with Gasteiger partial charge in [0.05, 0.1) is 5.75 Å². The molecule has 1 unspecified atom stereocenters. The highest BCUT2D eigenvalue weighted by Crippen LogP contribution is 2.21. The molecule has 1 atom stereocenters. The maximum Gasteiger partial charge on any atom is 0.236 e. The maximum atomic E-state index is 5.87. The molecule has 5 heteroatoms. The van der Waals surface area contributed by atoms with Gasteiger partial charge in [-0.15, -0.1) is 0 Å². The number of aromatic nitrogens is 2. The van der Waals surface area contributed by atoms with E-state index in [0.717, 1.165) is 23.3 Å². The van der Waals surface area contributed by atoms with Gasteiger partial charge in [-0.2, -0.15) is 16.7 Å². The number of thioether (sulfide) groups is 1. The molecule has 0 saturated carbocycles. The van der Waals surface area contributed by atoms with Gasteiger partial charge < -0.3 is 10.3 Å². The number of rotatable bonds is 6. The van der Waals surface area contributed by atoms with Crippen LogP contribution in [0.3, 0.4) is 0 Å². The van der Waals surface area contributed by atoms with E-state index in [0.29, 0.717) is 17.5 Å². The smallest absolute Gasteiger partial charge is 0.236 e. The Kier molecular flexibility index (Phi) is 4.99. The van der Waals surface area contributed by atoms with Crippen molar-refractivity contribution in [3.05, 3.63) is 35.7 Å². The van der Waals surface area contributed by atoms with E-state index < -0.39 is 0 Å². The third-order valence-electron chi connectivity index (χ3n) is 2.94. The van der Waals surface area contributed by atoms with Crippen LogP contribution in [0.4, 0.5) is 0 Å². The van der Waals surface area contributed by atoms with E-state index >= 15 is 0 Å². The van der Waals surface area contributed by atoms with Gasteiger partial charge in [0.15, 0.2) is 0 Å². The van der Waals surface area contributed by atoms with Crippen LogP contribution < -0.4 is 5.73 Å². The van der Waals surface area contributed by atoms with Crippen molar-refractivity contribution in [1.82, 2.24) is 10.1 Å². The van der Waals surface area contributed by atoms with E-state index in [2.05, 4.69) is 17.1 Å². The second-order valence-corrected chi connectivity index (χ2v) is 5.54. The van der Waals surface area contributed by atoms with Gasteiger partial charge in [0, 0.05) is 17.4 Å². The highest BCUT2D eigenvalue weighted by atomic mass is 32.2. The zero-order valence-electron chi connectivity index (χ0n) is 11.3. The van der Waals surface area contributed by atoms with Crippen molar-refractivity contribution in [3.63, 3.8) is 0 Å². The standard InChI is InChI=1S/C14H19N3OS/c1-3-11(15)8-19-9-13-16-14(17-18-13)12-7-5-4-6-10(12)2/h4-7,11H,3,8-9,15H2,1-2H3. The Hall–Kier alpha value is -1.33. The Bertz CT molecular complexity index is 527. The molecule has 1 heterocycles. The molecule has 0 fully saturated rings. The molecule has 0 amide bonds. The lowest BCUT2D eigenvalue weighted by Crippen LogP contribution is -2.21. The zero-order chi connectivity index (χ0) is 13.7. The van der Waals surface area contributed by atoms with Crippen LogP contribution in [-0.4, -0.2) is 21.9 Å². The minimum absolute atomic E-state index is 0.240. The number of nitrogens with zero attached hydrogens (tertiary/aromatic N) is 2. The summed E-state index contributed by atoms with van der Waals surface area (Å²) in [6.07, 6.45) is 0.991. The molecule has 2 aromatic rings. The molecule has 0 aliphatic rings. The van der Waals surface area contributed by atoms with Crippen molar-refractivity contribution in [2.45, 2.75) is 32.1 Å². The lowest BCUT2D eigenvalue weighted by Gasteiger charge is -2.05. The average molecular weight is 277 g/mol. The summed E-state index contributed by atoms with van der Waals surface area (Å²) in [6.45, 7) is 4.13. The topological polar surface area (TPSA) is 64.9 Å². The molecule has 0 bridgehead atoms. The first kappa shape index (κ1) is 14.1. The van der Waals surface area contributed by atoms with Crippen LogP contribution >= 0.6 is 11.8 Å². The Labute approximate surface area is 117 Å². The third kappa shape index (κ3) is 3.81. The fourth-order valence-electron chi connectivity index (χ4n) is 1.66. The number of nitrogens with two attached hydrogens (primary N) is 1. The predicted molar refractivity (Wildman–Crippen MR) is 78.9 cm³/mol. The fraction of sp³-hybridized carbons (Fsp3) is 0.429. The Balaban J connectivity index is 1.98. The van der Waals surface area contributed by atoms with Crippen LogP contribution in [0.5, 0.6) is 0 Å². The van der Waals surface area contributed by atoms with Gasteiger partial charge in [-0.05, 0) is 18.9 Å². The first-order valence-corrected chi connectivity index (χ1v) is 7.58. The van der Waals surface area contributed by atoms with Crippen molar-refractivity contribution in [3.8, 4) is 11.4 Å². The molecule has 0 aliphatic carbocycles. The van der Waals surface area contributed by atoms with Crippen LogP contribution in [0.2, 0.25) is 0 Å². The molecule has 1 aromatic carbocycles. The molecule has 19 heavy (non-hydrogen) atoms. The summed E-state index contributed by atoms with van der Waals surface area (Å²) in [4.78, 5) is 4.42. The summed E-state index contributed by atoms with van der Waals surface area (Å²) in [5.74, 6) is 2.95. The monoisotopic (exact) mass is 277 g/mol. The Morgan fingerprint density at radius 3 is 2.89 bits per heavy atom. The van der Waals surface area contributed by atoms with Gasteiger partial charge in [0.2, 0.25) is 11.7 Å². The van der Waals surface area contributed by atoms with E-state index in [-0.39, 0.29) is 6.04 Å². The summed E-state index contributed by atoms with van der Waals surface area (Å²) in [7, 11) is 0. The molecule has 2 N–H and O–H groups in total. The van der Waals surface area contributed by atoms with Gasteiger partial charge in [0.1, 0.15) is 0 Å². The second-order valence-electron chi connectivity index (χ2n) is 4.51. The van der Waals surface area contributed by atoms with Crippen LogP contribution in [0.25, 0.3) is 11.4 Å². The van der Waals surface area contributed by atoms with E-state index in [4.69, 9.17) is 10.3 Å². The van der Waals surface area contributed by atoms with Gasteiger partial charge in [0.25, 0.3) is 0 Å². The van der Waals surface area contributed by atoms with E-state index in [1.54, 1.807) is 11.8 Å². The van der Waals surface area contributed by atoms with Gasteiger partial charge in [-0.1, -0.05) is 36.3 Å². The first-order chi connectivity index (χ1) is 9.20. The zero-order valence-corrected chi connectivity index (χ0v) is 12.1. The molecule has 0 radical (unpaired) electrons. The molecule has 102 valence electrons. The molecule has 0 saturated heterocycles. The third-order valence-corrected chi connectivity index (χ3v) is 4.05. The minimum atomic E-state index is 0.240. The van der Waals surface area contributed by atoms with Crippen LogP contribution in [-0.2, 0) is 5.75 Å². The van der Waals surface area contributed by atoms with Crippen LogP contribution in [0, 0.1) is 6.92 Å². The van der Waals surface area contributed by atoms with E-state index in [1.807, 2.05) is 31.2 Å². The molecular weight excluding hydrogens is 258 g/mol. The van der Waals surface area contributed by atoms with Crippen molar-refractivity contribution < 1.29 is 4.52 Å². The summed E-state index contributed by atoms with van der Waals surface area (Å²) < 4.78 is 5.27. The lowest BCUT2D eigenvalue weighted by molar-refractivity contribution is 0.391. The molecule has 4 nitrogen and oxygen atoms in total. The summed E-state index contributed by atoms with van der Waals surface area (Å²) in [6, 6.07) is 8.27. The molecule has 0 spiro atoms. The van der Waals surface area contributed by atoms with Crippen LogP contribution in [0.15, 0.2) is 28.8 Å². The number of hydrogen-bond acceptors (Lipinski definition) is 5. The quantitative estimate of drug-likeness (QED) is 0.879. The normalized spacial score (nSPS) is 12.6. The largest absolute Gasteiger partial charge is 0.338 e. The first-order valence-electron chi connectivity index (χ1n) is 6.42. The molecule has 1 aromatic heterocycles. The number of aryl methyl sites for hydroxylation is 1. The molecule has 0 aliphatic heterocycles. The van der Waals surface area contributed by atoms with Crippen molar-refractivity contribution in [1.29, 1.82) is 0 Å². The van der Waals surface area contributed by atoms with Gasteiger partial charge in [-0.25, -0.2) is 0 Å². The molecule has 2 rings (SSSR count). The maximum absolute atomic E-state index is 5.87. The minimum Gasteiger partial charge on any atom is -0.338 e. The Morgan fingerprint density at radius 1 is 1.37 bits per heavy atom. The Morgan fingerprint density at radius 2 is 2.16 bits per heavy atom. The van der Waals surface area contributed by atoms with E-state index in [9.17, 15) is 0 Å². The van der Waals surface area contributed by atoms with Crippen molar-refractivity contribution in [2.75, 3.05) is 5.75 Å². The summed E-state index contributed by atoms with van der Waals surface area (Å²) in [5.41, 5.74) is 8.04. The second kappa shape index (κ2) is 6.73. The average Bonchev–Trinajstić information content (AvgIpc) is 2.87. The van der Waals surface area contributed by atoms with Crippen molar-refractivity contribution >= 4 is 11.8 Å². The number of hydrogen-bond donors (Lipinski definition) is 1. The van der Waals surface area contributed by atoms with Gasteiger partial charge >= 0.3 is 0 Å². The predicted octanol–water partition coefficient (Wildman–Crippen LogP) is 3.02. The number of benzene rings is 1. The van der Waals surface area contributed by atoms with Crippen molar-refractivity contribution in [2.24, 2.45) is 5.73 Å². The SMILES string of the molecule is CCC(N)CSCc1nc(-c2ccccc2C)no1. The highest BCUT2D eigenvalue weighted by molar-refractivity contribution is 7.98. The fourth-order valence-corrected chi connectivity index (χ4v) is 2.61. The van der Waals surface area contributed by atoms with Gasteiger partial charge in [-0.3, -0.25) is 0 Å². The summed E-state index contributed by atoms with van der Waals surface area (Å²) in [5, 5.41) is 4.03. The van der Waals surface area contributed by atoms with E-state index in [1.165, 1.54) is 0 Å². The van der Waals surface area contributed by atoms with Crippen LogP contribution in [0.1, 0.15) is 24.8 Å². The molecular formula is C14H19N3OS. The lowest BCUT2D eigenvalue weighted by atomic mass is 10.1. The summed E-state index contributed by atoms with van der Waals surface area (Å²) >= 11 is 1.73. The highest BCUT2D eigenvalue weighted by Gasteiger charge is 2.10.